The van der Waals surface area contributed by atoms with Crippen LogP contribution in [0, 0.1) is 6.92 Å². The van der Waals surface area contributed by atoms with Crippen LogP contribution in [0.5, 0.6) is 23.0 Å². The van der Waals surface area contributed by atoms with Gasteiger partial charge < -0.3 is 24.4 Å². The molecule has 0 saturated heterocycles. The summed E-state index contributed by atoms with van der Waals surface area (Å²) in [5, 5.41) is 20.3. The van der Waals surface area contributed by atoms with Crippen molar-refractivity contribution < 1.29 is 24.4 Å². The normalized spacial score (nSPS) is 11.9. The highest BCUT2D eigenvalue weighted by Crippen LogP contribution is 2.34. The van der Waals surface area contributed by atoms with Gasteiger partial charge in [-0.3, -0.25) is 0 Å². The van der Waals surface area contributed by atoms with E-state index in [9.17, 15) is 10.2 Å². The molecule has 5 nitrogen and oxygen atoms in total. The summed E-state index contributed by atoms with van der Waals surface area (Å²) in [6.45, 7) is 1.90. The molecule has 0 aliphatic carbocycles. The molecule has 0 unspecified atom stereocenters. The molecular formula is C18H22O5. The standard InChI is InChI=1S/C18H22O5/c1-11-17(22-3)9-13(10-18(11)23-4)14(19)7-12-5-6-16(21-2)15(20)8-12/h5-6,8-10,14,19-20H,7H2,1-4H3/t14-/m1/s1. The Hall–Kier alpha value is -2.40. The quantitative estimate of drug-likeness (QED) is 0.857. The van der Waals surface area contributed by atoms with Crippen LogP contribution in [0.4, 0.5) is 0 Å². The van der Waals surface area contributed by atoms with Crippen LogP contribution in [0.15, 0.2) is 30.3 Å². The third-order valence-corrected chi connectivity index (χ3v) is 3.83. The van der Waals surface area contributed by atoms with Gasteiger partial charge in [-0.2, -0.15) is 0 Å². The summed E-state index contributed by atoms with van der Waals surface area (Å²) >= 11 is 0. The van der Waals surface area contributed by atoms with Gasteiger partial charge in [-0.15, -0.1) is 0 Å². The summed E-state index contributed by atoms with van der Waals surface area (Å²) in [7, 11) is 4.66. The third kappa shape index (κ3) is 3.68. The maximum Gasteiger partial charge on any atom is 0.160 e. The van der Waals surface area contributed by atoms with Crippen LogP contribution < -0.4 is 14.2 Å². The minimum Gasteiger partial charge on any atom is -0.504 e. The zero-order chi connectivity index (χ0) is 17.0. The average Bonchev–Trinajstić information content (AvgIpc) is 2.55. The van der Waals surface area contributed by atoms with Gasteiger partial charge in [0.1, 0.15) is 11.5 Å². The summed E-state index contributed by atoms with van der Waals surface area (Å²) in [4.78, 5) is 0. The van der Waals surface area contributed by atoms with E-state index >= 15 is 0 Å². The molecule has 5 heteroatoms. The van der Waals surface area contributed by atoms with E-state index in [1.165, 1.54) is 7.11 Å². The summed E-state index contributed by atoms with van der Waals surface area (Å²) < 4.78 is 15.7. The van der Waals surface area contributed by atoms with Crippen LogP contribution in [0.1, 0.15) is 22.8 Å². The molecule has 2 N–H and O–H groups in total. The molecule has 0 aliphatic heterocycles. The number of aromatic hydroxyl groups is 1. The highest BCUT2D eigenvalue weighted by atomic mass is 16.5. The summed E-state index contributed by atoms with van der Waals surface area (Å²) in [6, 6.07) is 8.67. The van der Waals surface area contributed by atoms with Crippen molar-refractivity contribution in [2.75, 3.05) is 21.3 Å². The Morgan fingerprint density at radius 1 is 0.913 bits per heavy atom. The minimum atomic E-state index is -0.744. The predicted octanol–water partition coefficient (Wildman–Crippen LogP) is 3.00. The number of benzene rings is 2. The summed E-state index contributed by atoms with van der Waals surface area (Å²) in [5.74, 6) is 1.78. The van der Waals surface area contributed by atoms with Gasteiger partial charge >= 0.3 is 0 Å². The molecule has 0 saturated carbocycles. The molecule has 0 aliphatic rings. The van der Waals surface area contributed by atoms with Crippen molar-refractivity contribution in [3.05, 3.63) is 47.0 Å². The van der Waals surface area contributed by atoms with Crippen LogP contribution >= 0.6 is 0 Å². The van der Waals surface area contributed by atoms with Crippen LogP contribution in [0.3, 0.4) is 0 Å². The number of phenols is 1. The van der Waals surface area contributed by atoms with Gasteiger partial charge in [-0.05, 0) is 42.3 Å². The number of aliphatic hydroxyl groups is 1. The van der Waals surface area contributed by atoms with Gasteiger partial charge in [-0.25, -0.2) is 0 Å². The molecule has 0 bridgehead atoms. The number of rotatable bonds is 6. The lowest BCUT2D eigenvalue weighted by Crippen LogP contribution is -2.04. The molecule has 0 radical (unpaired) electrons. The number of aliphatic hydroxyl groups excluding tert-OH is 1. The smallest absolute Gasteiger partial charge is 0.160 e. The van der Waals surface area contributed by atoms with Crippen molar-refractivity contribution in [3.63, 3.8) is 0 Å². The first-order valence-corrected chi connectivity index (χ1v) is 7.26. The Morgan fingerprint density at radius 2 is 1.48 bits per heavy atom. The van der Waals surface area contributed by atoms with E-state index in [1.54, 1.807) is 38.5 Å². The maximum absolute atomic E-state index is 10.5. The van der Waals surface area contributed by atoms with Crippen LogP contribution in [0.25, 0.3) is 0 Å². The molecule has 2 aromatic carbocycles. The van der Waals surface area contributed by atoms with Crippen molar-refractivity contribution in [1.82, 2.24) is 0 Å². The highest BCUT2D eigenvalue weighted by molar-refractivity contribution is 5.48. The Kier molecular flexibility index (Phi) is 5.34. The highest BCUT2D eigenvalue weighted by Gasteiger charge is 2.15. The molecule has 23 heavy (non-hydrogen) atoms. The fourth-order valence-corrected chi connectivity index (χ4v) is 2.50. The van der Waals surface area contributed by atoms with Crippen LogP contribution in [-0.4, -0.2) is 31.5 Å². The van der Waals surface area contributed by atoms with Crippen LogP contribution in [-0.2, 0) is 6.42 Å². The van der Waals surface area contributed by atoms with Crippen molar-refractivity contribution >= 4 is 0 Å². The predicted molar refractivity (Wildman–Crippen MR) is 87.6 cm³/mol. The number of hydrogen-bond acceptors (Lipinski definition) is 5. The molecule has 124 valence electrons. The monoisotopic (exact) mass is 318 g/mol. The lowest BCUT2D eigenvalue weighted by Gasteiger charge is -2.17. The molecule has 1 atom stereocenters. The molecule has 0 spiro atoms. The molecular weight excluding hydrogens is 296 g/mol. The van der Waals surface area contributed by atoms with Gasteiger partial charge in [-0.1, -0.05) is 6.07 Å². The van der Waals surface area contributed by atoms with E-state index in [4.69, 9.17) is 14.2 Å². The van der Waals surface area contributed by atoms with E-state index in [0.717, 1.165) is 11.1 Å². The van der Waals surface area contributed by atoms with Crippen molar-refractivity contribution in [2.24, 2.45) is 0 Å². The first-order valence-electron chi connectivity index (χ1n) is 7.26. The molecule has 0 amide bonds. The van der Waals surface area contributed by atoms with Crippen molar-refractivity contribution in [1.29, 1.82) is 0 Å². The van der Waals surface area contributed by atoms with E-state index in [1.807, 2.05) is 13.0 Å². The second-order valence-electron chi connectivity index (χ2n) is 5.28. The zero-order valence-corrected chi connectivity index (χ0v) is 13.8. The number of methoxy groups -OCH3 is 3. The second-order valence-corrected chi connectivity index (χ2v) is 5.28. The first-order chi connectivity index (χ1) is 11.0. The van der Waals surface area contributed by atoms with Crippen molar-refractivity contribution in [2.45, 2.75) is 19.4 Å². The van der Waals surface area contributed by atoms with E-state index < -0.39 is 6.10 Å². The first kappa shape index (κ1) is 17.0. The topological polar surface area (TPSA) is 68.2 Å². The van der Waals surface area contributed by atoms with Crippen LogP contribution in [0.2, 0.25) is 0 Å². The maximum atomic E-state index is 10.5. The SMILES string of the molecule is COc1ccc(C[C@@H](O)c2cc(OC)c(C)c(OC)c2)cc1O. The Labute approximate surface area is 136 Å². The lowest BCUT2D eigenvalue weighted by molar-refractivity contribution is 0.177. The molecule has 2 aromatic rings. The fraction of sp³-hybridized carbons (Fsp3) is 0.333. The Morgan fingerprint density at radius 3 is 1.96 bits per heavy atom. The van der Waals surface area contributed by atoms with E-state index in [-0.39, 0.29) is 5.75 Å². The Bertz CT molecular complexity index is 656. The minimum absolute atomic E-state index is 0.0521. The molecule has 0 aromatic heterocycles. The molecule has 0 heterocycles. The van der Waals surface area contributed by atoms with Gasteiger partial charge in [0.2, 0.25) is 0 Å². The fourth-order valence-electron chi connectivity index (χ4n) is 2.50. The second kappa shape index (κ2) is 7.24. The molecule has 0 fully saturated rings. The van der Waals surface area contributed by atoms with Crippen molar-refractivity contribution in [3.8, 4) is 23.0 Å². The largest absolute Gasteiger partial charge is 0.504 e. The van der Waals surface area contributed by atoms with E-state index in [0.29, 0.717) is 29.2 Å². The number of ether oxygens (including phenoxy) is 3. The third-order valence-electron chi connectivity index (χ3n) is 3.83. The summed E-state index contributed by atoms with van der Waals surface area (Å²) in [6.07, 6.45) is -0.390. The average molecular weight is 318 g/mol. The van der Waals surface area contributed by atoms with Gasteiger partial charge in [0.15, 0.2) is 11.5 Å². The lowest BCUT2D eigenvalue weighted by atomic mass is 9.99. The zero-order valence-electron chi connectivity index (χ0n) is 13.8. The summed E-state index contributed by atoms with van der Waals surface area (Å²) in [5.41, 5.74) is 2.38. The van der Waals surface area contributed by atoms with Gasteiger partial charge in [0.25, 0.3) is 0 Å². The van der Waals surface area contributed by atoms with E-state index in [2.05, 4.69) is 0 Å². The number of hydrogen-bond donors (Lipinski definition) is 2. The molecule has 2 rings (SSSR count). The van der Waals surface area contributed by atoms with Gasteiger partial charge in [0, 0.05) is 12.0 Å². The van der Waals surface area contributed by atoms with Gasteiger partial charge in [0.05, 0.1) is 27.4 Å². The Balaban J connectivity index is 2.26. The number of phenolic OH excluding ortho intramolecular Hbond substituents is 1.